The Labute approximate surface area is 85.8 Å². The Balaban J connectivity index is 2.63. The van der Waals surface area contributed by atoms with Gasteiger partial charge in [-0.2, -0.15) is 0 Å². The van der Waals surface area contributed by atoms with E-state index in [1.165, 1.54) is 0 Å². The highest BCUT2D eigenvalue weighted by Gasteiger charge is 2.39. The monoisotopic (exact) mass is 199 g/mol. The molecule has 0 spiro atoms. The Morgan fingerprint density at radius 2 is 2.14 bits per heavy atom. The molecule has 0 aromatic carbocycles. The summed E-state index contributed by atoms with van der Waals surface area (Å²) in [5, 5.41) is 2.89. The zero-order valence-electron chi connectivity index (χ0n) is 9.50. The van der Waals surface area contributed by atoms with Crippen LogP contribution < -0.4 is 11.1 Å². The van der Waals surface area contributed by atoms with Gasteiger partial charge >= 0.3 is 6.03 Å². The summed E-state index contributed by atoms with van der Waals surface area (Å²) in [5.41, 5.74) is 5.73. The van der Waals surface area contributed by atoms with E-state index in [4.69, 9.17) is 5.73 Å². The average Bonchev–Trinajstić information content (AvgIpc) is 2.22. The van der Waals surface area contributed by atoms with Crippen LogP contribution in [0.4, 0.5) is 4.79 Å². The third-order valence-corrected chi connectivity index (χ3v) is 2.57. The molecule has 4 nitrogen and oxygen atoms in total. The highest BCUT2D eigenvalue weighted by atomic mass is 16.2. The molecule has 1 aliphatic rings. The van der Waals surface area contributed by atoms with Crippen molar-refractivity contribution in [3.05, 3.63) is 0 Å². The number of nitrogens with zero attached hydrogens (tertiary/aromatic N) is 1. The summed E-state index contributed by atoms with van der Waals surface area (Å²) < 4.78 is 0. The van der Waals surface area contributed by atoms with Gasteiger partial charge < -0.3 is 16.0 Å². The van der Waals surface area contributed by atoms with Crippen molar-refractivity contribution in [2.45, 2.75) is 51.7 Å². The first kappa shape index (κ1) is 11.3. The number of urea groups is 1. The van der Waals surface area contributed by atoms with Crippen LogP contribution in [-0.4, -0.2) is 35.1 Å². The quantitative estimate of drug-likeness (QED) is 0.659. The van der Waals surface area contributed by atoms with E-state index >= 15 is 0 Å². The van der Waals surface area contributed by atoms with Crippen molar-refractivity contribution in [3.8, 4) is 0 Å². The van der Waals surface area contributed by atoms with Crippen molar-refractivity contribution in [2.75, 3.05) is 6.54 Å². The van der Waals surface area contributed by atoms with Crippen LogP contribution in [0.2, 0.25) is 0 Å². The first-order valence-electron chi connectivity index (χ1n) is 5.16. The number of hydrogen-bond donors (Lipinski definition) is 2. The van der Waals surface area contributed by atoms with Gasteiger partial charge in [-0.1, -0.05) is 0 Å². The Kier molecular flexibility index (Phi) is 3.04. The normalized spacial score (nSPS) is 25.6. The fraction of sp³-hybridized carbons (Fsp3) is 0.900. The van der Waals surface area contributed by atoms with Gasteiger partial charge in [0.25, 0.3) is 0 Å². The second kappa shape index (κ2) is 3.77. The van der Waals surface area contributed by atoms with Gasteiger partial charge in [-0.15, -0.1) is 0 Å². The molecule has 0 aromatic heterocycles. The summed E-state index contributed by atoms with van der Waals surface area (Å²) in [4.78, 5) is 13.6. The van der Waals surface area contributed by atoms with E-state index in [0.29, 0.717) is 6.54 Å². The number of likely N-dealkylation sites (tertiary alicyclic amines) is 1. The molecule has 0 aliphatic carbocycles. The van der Waals surface area contributed by atoms with E-state index in [-0.39, 0.29) is 23.7 Å². The highest BCUT2D eigenvalue weighted by Crippen LogP contribution is 2.27. The molecule has 0 radical (unpaired) electrons. The summed E-state index contributed by atoms with van der Waals surface area (Å²) in [6.07, 6.45) is 0.874. The molecule has 1 atom stereocenters. The summed E-state index contributed by atoms with van der Waals surface area (Å²) >= 11 is 0. The van der Waals surface area contributed by atoms with Gasteiger partial charge in [0.15, 0.2) is 0 Å². The van der Waals surface area contributed by atoms with Gasteiger partial charge in [0.1, 0.15) is 0 Å². The lowest BCUT2D eigenvalue weighted by atomic mass is 10.0. The topological polar surface area (TPSA) is 58.4 Å². The van der Waals surface area contributed by atoms with Gasteiger partial charge in [0.2, 0.25) is 0 Å². The highest BCUT2D eigenvalue weighted by molar-refractivity contribution is 5.75. The molecule has 1 rings (SSSR count). The molecule has 14 heavy (non-hydrogen) atoms. The Morgan fingerprint density at radius 1 is 1.57 bits per heavy atom. The maximum atomic E-state index is 11.8. The number of hydrogen-bond acceptors (Lipinski definition) is 2. The van der Waals surface area contributed by atoms with Crippen LogP contribution in [0.25, 0.3) is 0 Å². The van der Waals surface area contributed by atoms with Crippen molar-refractivity contribution in [1.29, 1.82) is 0 Å². The van der Waals surface area contributed by atoms with Crippen molar-refractivity contribution in [1.82, 2.24) is 10.2 Å². The molecule has 2 amide bonds. The molecule has 1 saturated heterocycles. The van der Waals surface area contributed by atoms with Crippen molar-refractivity contribution in [2.24, 2.45) is 5.73 Å². The lowest BCUT2D eigenvalue weighted by Crippen LogP contribution is -2.49. The van der Waals surface area contributed by atoms with Gasteiger partial charge in [-0.25, -0.2) is 4.79 Å². The number of rotatable bonds is 1. The van der Waals surface area contributed by atoms with Crippen LogP contribution in [-0.2, 0) is 0 Å². The summed E-state index contributed by atoms with van der Waals surface area (Å²) in [5.74, 6) is 0. The van der Waals surface area contributed by atoms with Gasteiger partial charge in [-0.3, -0.25) is 0 Å². The Bertz CT molecular complexity index is 225. The van der Waals surface area contributed by atoms with E-state index in [2.05, 4.69) is 19.2 Å². The van der Waals surface area contributed by atoms with Crippen LogP contribution in [0, 0.1) is 0 Å². The van der Waals surface area contributed by atoms with Crippen LogP contribution in [0.1, 0.15) is 34.1 Å². The van der Waals surface area contributed by atoms with E-state index < -0.39 is 0 Å². The van der Waals surface area contributed by atoms with E-state index in [0.717, 1.165) is 6.42 Å². The first-order valence-corrected chi connectivity index (χ1v) is 5.16. The molecule has 1 heterocycles. The van der Waals surface area contributed by atoms with Crippen LogP contribution >= 0.6 is 0 Å². The molecular weight excluding hydrogens is 178 g/mol. The van der Waals surface area contributed by atoms with E-state index in [1.807, 2.05) is 18.7 Å². The zero-order valence-corrected chi connectivity index (χ0v) is 9.50. The van der Waals surface area contributed by atoms with Crippen LogP contribution in [0.3, 0.4) is 0 Å². The zero-order chi connectivity index (χ0) is 10.9. The molecule has 4 heteroatoms. The Hall–Kier alpha value is -0.770. The fourth-order valence-electron chi connectivity index (χ4n) is 1.98. The first-order chi connectivity index (χ1) is 6.33. The maximum Gasteiger partial charge on any atom is 0.318 e. The smallest absolute Gasteiger partial charge is 0.318 e. The standard InChI is InChI=1S/C10H21N3O/c1-7(2)12-9(14)13-6-8(11)5-10(13,3)4/h7-8H,5-6,11H2,1-4H3,(H,12,14). The predicted octanol–water partition coefficient (Wildman–Crippen LogP) is 0.916. The third kappa shape index (κ3) is 2.38. The third-order valence-electron chi connectivity index (χ3n) is 2.57. The van der Waals surface area contributed by atoms with E-state index in [1.54, 1.807) is 0 Å². The minimum Gasteiger partial charge on any atom is -0.336 e. The number of nitrogens with two attached hydrogens (primary N) is 1. The van der Waals surface area contributed by atoms with Gasteiger partial charge in [0.05, 0.1) is 0 Å². The molecule has 0 saturated carbocycles. The van der Waals surface area contributed by atoms with Gasteiger partial charge in [0, 0.05) is 24.2 Å². The SMILES string of the molecule is CC(C)NC(=O)N1CC(N)CC1(C)C. The molecule has 0 bridgehead atoms. The minimum atomic E-state index is -0.113. The molecule has 0 aromatic rings. The number of carbonyl (C=O) groups is 1. The minimum absolute atomic E-state index is 0.00190. The van der Waals surface area contributed by atoms with Crippen molar-refractivity contribution >= 4 is 6.03 Å². The van der Waals surface area contributed by atoms with Crippen molar-refractivity contribution in [3.63, 3.8) is 0 Å². The second-order valence-electron chi connectivity index (χ2n) is 4.99. The number of amides is 2. The summed E-state index contributed by atoms with van der Waals surface area (Å²) in [6, 6.07) is 0.288. The molecule has 82 valence electrons. The van der Waals surface area contributed by atoms with Gasteiger partial charge in [-0.05, 0) is 34.1 Å². The summed E-state index contributed by atoms with van der Waals surface area (Å²) in [6.45, 7) is 8.69. The van der Waals surface area contributed by atoms with Crippen LogP contribution in [0.15, 0.2) is 0 Å². The van der Waals surface area contributed by atoms with Crippen LogP contribution in [0.5, 0.6) is 0 Å². The number of carbonyl (C=O) groups excluding carboxylic acids is 1. The lowest BCUT2D eigenvalue weighted by molar-refractivity contribution is 0.163. The van der Waals surface area contributed by atoms with Crippen molar-refractivity contribution < 1.29 is 4.79 Å². The molecule has 1 aliphatic heterocycles. The van der Waals surface area contributed by atoms with E-state index in [9.17, 15) is 4.79 Å². The Morgan fingerprint density at radius 3 is 2.50 bits per heavy atom. The molecule has 3 N–H and O–H groups in total. The molecule has 1 fully saturated rings. The predicted molar refractivity (Wildman–Crippen MR) is 57.0 cm³/mol. The fourth-order valence-corrected chi connectivity index (χ4v) is 1.98. The largest absolute Gasteiger partial charge is 0.336 e. The average molecular weight is 199 g/mol. The maximum absolute atomic E-state index is 11.8. The lowest BCUT2D eigenvalue weighted by Gasteiger charge is -2.32. The molecule has 1 unspecified atom stereocenters. The second-order valence-corrected chi connectivity index (χ2v) is 4.99. The summed E-state index contributed by atoms with van der Waals surface area (Å²) in [7, 11) is 0. The number of nitrogens with one attached hydrogen (secondary N) is 1. The molecular formula is C10H21N3O.